The number of hydrogen-bond donors (Lipinski definition) is 0. The number of nitrogens with zero attached hydrogens (tertiary/aromatic N) is 3. The Hall–Kier alpha value is -5.54. The molecule has 0 atom stereocenters. The van der Waals surface area contributed by atoms with Crippen molar-refractivity contribution in [2.24, 2.45) is 0 Å². The zero-order valence-electron chi connectivity index (χ0n) is 28.6. The monoisotopic (exact) mass is 623 g/mol. The van der Waals surface area contributed by atoms with Gasteiger partial charge in [-0.05, 0) is 121 Å². The van der Waals surface area contributed by atoms with E-state index in [0.29, 0.717) is 0 Å². The van der Waals surface area contributed by atoms with Crippen molar-refractivity contribution < 1.29 is 0 Å². The van der Waals surface area contributed by atoms with Crippen LogP contribution in [0.1, 0.15) is 56.0 Å². The summed E-state index contributed by atoms with van der Waals surface area (Å²) in [5.41, 5.74) is 16.5. The van der Waals surface area contributed by atoms with Crippen molar-refractivity contribution in [3.05, 3.63) is 184 Å². The minimum Gasteiger partial charge on any atom is -0.294 e. The summed E-state index contributed by atoms with van der Waals surface area (Å²) >= 11 is 0. The van der Waals surface area contributed by atoms with E-state index < -0.39 is 0 Å². The molecule has 1 aromatic heterocycles. The second-order valence-corrected chi connectivity index (χ2v) is 13.1. The maximum atomic E-state index is 4.75. The lowest BCUT2D eigenvalue weighted by Crippen LogP contribution is -2.14. The summed E-state index contributed by atoms with van der Waals surface area (Å²) in [6.07, 6.45) is 3.44. The zero-order valence-corrected chi connectivity index (χ0v) is 28.6. The molecule has 0 bridgehead atoms. The lowest BCUT2D eigenvalue weighted by Gasteiger charge is -2.30. The maximum absolute atomic E-state index is 4.75. The van der Waals surface area contributed by atoms with Crippen molar-refractivity contribution in [2.45, 2.75) is 47.5 Å². The normalized spacial score (nSPS) is 11.3. The predicted octanol–water partition coefficient (Wildman–Crippen LogP) is 11.8. The van der Waals surface area contributed by atoms with E-state index in [-0.39, 0.29) is 5.92 Å². The molecule has 1 heterocycles. The van der Waals surface area contributed by atoms with Gasteiger partial charge in [-0.2, -0.15) is 0 Å². The molecule has 0 aliphatic rings. The molecule has 3 heteroatoms. The molecule has 0 unspecified atom stereocenters. The maximum Gasteiger partial charge on any atom is 0.140 e. The summed E-state index contributed by atoms with van der Waals surface area (Å²) in [5.74, 6) is 0.894. The smallest absolute Gasteiger partial charge is 0.140 e. The van der Waals surface area contributed by atoms with Gasteiger partial charge in [-0.3, -0.25) is 4.90 Å². The molecule has 7 rings (SSSR count). The summed E-state index contributed by atoms with van der Waals surface area (Å²) in [7, 11) is 0. The summed E-state index contributed by atoms with van der Waals surface area (Å²) in [4.78, 5) is 11.2. The first kappa shape index (κ1) is 31.1. The van der Waals surface area contributed by atoms with Crippen LogP contribution < -0.4 is 4.90 Å². The van der Waals surface area contributed by atoms with Crippen molar-refractivity contribution in [1.82, 2.24) is 9.97 Å². The van der Waals surface area contributed by atoms with E-state index in [4.69, 9.17) is 4.98 Å². The topological polar surface area (TPSA) is 29.0 Å². The number of hydrogen-bond acceptors (Lipinski definition) is 3. The van der Waals surface area contributed by atoms with Gasteiger partial charge < -0.3 is 0 Å². The van der Waals surface area contributed by atoms with Gasteiger partial charge in [0, 0.05) is 23.2 Å². The van der Waals surface area contributed by atoms with E-state index in [2.05, 4.69) is 167 Å². The molecule has 0 aliphatic heterocycles. The van der Waals surface area contributed by atoms with E-state index in [1.807, 2.05) is 12.3 Å². The van der Waals surface area contributed by atoms with Crippen LogP contribution in [0.25, 0.3) is 21.9 Å². The average Bonchev–Trinajstić information content (AvgIpc) is 3.08. The van der Waals surface area contributed by atoms with Gasteiger partial charge >= 0.3 is 0 Å². The van der Waals surface area contributed by atoms with Crippen molar-refractivity contribution in [3.63, 3.8) is 0 Å². The molecule has 0 N–H and O–H groups in total. The minimum atomic E-state index is 0.0720. The Morgan fingerprint density at radius 3 is 1.62 bits per heavy atom. The highest BCUT2D eigenvalue weighted by atomic mass is 15.2. The van der Waals surface area contributed by atoms with Crippen LogP contribution in [0.3, 0.4) is 0 Å². The Kier molecular flexibility index (Phi) is 8.37. The number of benzene rings is 6. The Morgan fingerprint density at radius 2 is 1.06 bits per heavy atom. The molecule has 7 aromatic rings. The number of rotatable bonds is 7. The highest BCUT2D eigenvalue weighted by Gasteiger charge is 2.27. The number of anilines is 3. The van der Waals surface area contributed by atoms with Gasteiger partial charge in [0.1, 0.15) is 12.1 Å². The summed E-state index contributed by atoms with van der Waals surface area (Å²) in [6, 6.07) is 44.1. The first-order chi connectivity index (χ1) is 23.3. The van der Waals surface area contributed by atoms with E-state index in [1.54, 1.807) is 6.33 Å². The fraction of sp³-hybridized carbons (Fsp3) is 0.156. The third kappa shape index (κ3) is 5.77. The standard InChI is InChI=1S/C45H41N3/c1-29-24-31(3)43(32(4)25-29)45(44-33(5)26-30(2)27-34(44)6)40-20-21-41(39-15-11-10-14-38(39)40)48(42-22-23-46-28-47-42)37-18-16-36(17-19-37)35-12-8-7-9-13-35/h7-28,45H,1-6H3. The van der Waals surface area contributed by atoms with E-state index in [9.17, 15) is 0 Å². The van der Waals surface area contributed by atoms with E-state index in [0.717, 1.165) is 17.2 Å². The fourth-order valence-corrected chi connectivity index (χ4v) is 7.75. The van der Waals surface area contributed by atoms with Gasteiger partial charge in [0.2, 0.25) is 0 Å². The average molecular weight is 624 g/mol. The van der Waals surface area contributed by atoms with Crippen LogP contribution >= 0.6 is 0 Å². The second kappa shape index (κ2) is 12.9. The van der Waals surface area contributed by atoms with E-state index >= 15 is 0 Å². The van der Waals surface area contributed by atoms with Gasteiger partial charge in [-0.25, -0.2) is 9.97 Å². The van der Waals surface area contributed by atoms with Crippen molar-refractivity contribution in [2.75, 3.05) is 4.90 Å². The van der Waals surface area contributed by atoms with Gasteiger partial charge in [0.05, 0.1) is 5.69 Å². The summed E-state index contributed by atoms with van der Waals surface area (Å²) in [6.45, 7) is 13.5. The molecule has 0 saturated heterocycles. The van der Waals surface area contributed by atoms with Crippen LogP contribution in [-0.2, 0) is 0 Å². The van der Waals surface area contributed by atoms with E-state index in [1.165, 1.54) is 72.0 Å². The van der Waals surface area contributed by atoms with Crippen LogP contribution in [-0.4, -0.2) is 9.97 Å². The van der Waals surface area contributed by atoms with Gasteiger partial charge in [-0.1, -0.05) is 108 Å². The Balaban J connectivity index is 1.47. The highest BCUT2D eigenvalue weighted by Crippen LogP contribution is 2.46. The van der Waals surface area contributed by atoms with Crippen molar-refractivity contribution in [1.29, 1.82) is 0 Å². The molecule has 0 saturated carbocycles. The highest BCUT2D eigenvalue weighted by molar-refractivity contribution is 6.01. The van der Waals surface area contributed by atoms with Gasteiger partial charge in [0.25, 0.3) is 0 Å². The molecule has 0 radical (unpaired) electrons. The third-order valence-electron chi connectivity index (χ3n) is 9.57. The predicted molar refractivity (Wildman–Crippen MR) is 202 cm³/mol. The quantitative estimate of drug-likeness (QED) is 0.165. The van der Waals surface area contributed by atoms with Crippen LogP contribution in [0.5, 0.6) is 0 Å². The Morgan fingerprint density at radius 1 is 0.521 bits per heavy atom. The lowest BCUT2D eigenvalue weighted by molar-refractivity contribution is 0.928. The number of fused-ring (bicyclic) bond motifs is 1. The summed E-state index contributed by atoms with van der Waals surface area (Å²) in [5, 5.41) is 2.41. The second-order valence-electron chi connectivity index (χ2n) is 13.1. The Bertz CT molecular complexity index is 2130. The molecule has 0 amide bonds. The first-order valence-corrected chi connectivity index (χ1v) is 16.7. The Labute approximate surface area is 284 Å². The molecule has 0 spiro atoms. The molecule has 3 nitrogen and oxygen atoms in total. The van der Waals surface area contributed by atoms with Gasteiger partial charge in [0.15, 0.2) is 0 Å². The van der Waals surface area contributed by atoms with Crippen LogP contribution in [0.15, 0.2) is 134 Å². The lowest BCUT2D eigenvalue weighted by atomic mass is 9.75. The van der Waals surface area contributed by atoms with Crippen LogP contribution in [0.4, 0.5) is 17.2 Å². The molecule has 0 aliphatic carbocycles. The molecule has 6 aromatic carbocycles. The van der Waals surface area contributed by atoms with Crippen molar-refractivity contribution in [3.8, 4) is 11.1 Å². The molecule has 48 heavy (non-hydrogen) atoms. The SMILES string of the molecule is Cc1cc(C)c(C(c2c(C)cc(C)cc2C)c2ccc(N(c3ccc(-c4ccccc4)cc3)c3ccncn3)c3ccccc23)c(C)c1. The number of aryl methyl sites for hydroxylation is 6. The van der Waals surface area contributed by atoms with Crippen LogP contribution in [0.2, 0.25) is 0 Å². The molecular formula is C45H41N3. The molecule has 0 fully saturated rings. The van der Waals surface area contributed by atoms with Crippen molar-refractivity contribution >= 4 is 28.0 Å². The first-order valence-electron chi connectivity index (χ1n) is 16.7. The molecular weight excluding hydrogens is 583 g/mol. The summed E-state index contributed by atoms with van der Waals surface area (Å²) < 4.78 is 0. The molecule has 236 valence electrons. The number of aromatic nitrogens is 2. The minimum absolute atomic E-state index is 0.0720. The zero-order chi connectivity index (χ0) is 33.4. The van der Waals surface area contributed by atoms with Crippen LogP contribution in [0, 0.1) is 41.5 Å². The fourth-order valence-electron chi connectivity index (χ4n) is 7.75. The van der Waals surface area contributed by atoms with Gasteiger partial charge in [-0.15, -0.1) is 0 Å². The third-order valence-corrected chi connectivity index (χ3v) is 9.57. The largest absolute Gasteiger partial charge is 0.294 e.